The molecule has 0 saturated carbocycles. The van der Waals surface area contributed by atoms with Gasteiger partial charge in [-0.05, 0) is 6.42 Å². The van der Waals surface area contributed by atoms with Crippen LogP contribution in [0.5, 0.6) is 0 Å². The molecule has 0 aromatic carbocycles. The van der Waals surface area contributed by atoms with E-state index in [-0.39, 0.29) is 5.91 Å². The van der Waals surface area contributed by atoms with Crippen molar-refractivity contribution in [3.05, 3.63) is 0 Å². The minimum atomic E-state index is -5.12. The average Bonchev–Trinajstić information content (AvgIpc) is 2.25. The lowest BCUT2D eigenvalue weighted by molar-refractivity contribution is -0.147. The van der Waals surface area contributed by atoms with Crippen molar-refractivity contribution in [3.63, 3.8) is 0 Å². The largest absolute Gasteiger partial charge is 0.413 e. The Morgan fingerprint density at radius 1 is 1.35 bits per heavy atom. The number of hydrogen-bond donors (Lipinski definition) is 4. The molecule has 1 unspecified atom stereocenters. The van der Waals surface area contributed by atoms with E-state index in [0.29, 0.717) is 19.6 Å². The first kappa shape index (κ1) is 19.2. The van der Waals surface area contributed by atoms with Crippen molar-refractivity contribution in [3.8, 4) is 0 Å². The second-order valence-corrected chi connectivity index (χ2v) is 5.92. The topological polar surface area (TPSA) is 182 Å². The van der Waals surface area contributed by atoms with E-state index in [2.05, 4.69) is 8.95 Å². The van der Waals surface area contributed by atoms with E-state index < -0.39 is 26.4 Å². The van der Waals surface area contributed by atoms with Crippen LogP contribution in [-0.4, -0.2) is 57.1 Å². The van der Waals surface area contributed by atoms with Gasteiger partial charge in [-0.2, -0.15) is 16.8 Å². The Labute approximate surface area is 116 Å². The molecule has 0 radical (unpaired) electrons. The van der Waals surface area contributed by atoms with E-state index in [4.69, 9.17) is 19.6 Å². The minimum absolute atomic E-state index is 0.368. The standard InChI is InChI=1S/C7H14N2O2.H2O7S2/c1-2-7(6(8)10)5-9-3-4-11-7;1-8(2,3)7-9(4,5)6/h9H,2-5H2,1H3,(H2,8,10);(H,1,2,3)(H,4,5,6). The summed E-state index contributed by atoms with van der Waals surface area (Å²) in [6, 6.07) is 0. The second-order valence-electron chi connectivity index (χ2n) is 3.66. The lowest BCUT2D eigenvalue weighted by Gasteiger charge is -2.33. The quantitative estimate of drug-likeness (QED) is 0.413. The molecule has 0 spiro atoms. The van der Waals surface area contributed by atoms with E-state index in [0.717, 1.165) is 6.54 Å². The summed E-state index contributed by atoms with van der Waals surface area (Å²) in [5, 5.41) is 3.08. The van der Waals surface area contributed by atoms with Crippen LogP contribution in [0.3, 0.4) is 0 Å². The average molecular weight is 336 g/mol. The van der Waals surface area contributed by atoms with E-state index in [1.54, 1.807) is 0 Å². The maximum absolute atomic E-state index is 11.0. The van der Waals surface area contributed by atoms with E-state index in [1.807, 2.05) is 6.92 Å². The van der Waals surface area contributed by atoms with Crippen LogP contribution in [0.15, 0.2) is 0 Å². The molecule has 0 aromatic rings. The van der Waals surface area contributed by atoms with Crippen LogP contribution in [0.1, 0.15) is 13.3 Å². The summed E-state index contributed by atoms with van der Waals surface area (Å²) >= 11 is 0. The molecular formula is C7H16N2O9S2. The summed E-state index contributed by atoms with van der Waals surface area (Å²) < 4.78 is 60.9. The van der Waals surface area contributed by atoms with Crippen molar-refractivity contribution in [2.24, 2.45) is 5.73 Å². The summed E-state index contributed by atoms with van der Waals surface area (Å²) in [6.07, 6.45) is 0.634. The Morgan fingerprint density at radius 2 is 1.85 bits per heavy atom. The van der Waals surface area contributed by atoms with Crippen LogP contribution in [0, 0.1) is 0 Å². The Bertz CT molecular complexity index is 490. The molecule has 1 amide bonds. The fraction of sp³-hybridized carbons (Fsp3) is 0.857. The number of hydrogen-bond acceptors (Lipinski definition) is 8. The highest BCUT2D eigenvalue weighted by molar-refractivity contribution is 7.94. The molecule has 13 heteroatoms. The number of nitrogens with two attached hydrogens (primary N) is 1. The van der Waals surface area contributed by atoms with Gasteiger partial charge in [-0.25, -0.2) is 0 Å². The highest BCUT2D eigenvalue weighted by Crippen LogP contribution is 2.16. The summed E-state index contributed by atoms with van der Waals surface area (Å²) in [4.78, 5) is 11.0. The summed E-state index contributed by atoms with van der Waals surface area (Å²) in [7, 11) is -10.2. The molecule has 1 saturated heterocycles. The minimum Gasteiger partial charge on any atom is -0.367 e. The van der Waals surface area contributed by atoms with Gasteiger partial charge in [0.05, 0.1) is 6.61 Å². The second kappa shape index (κ2) is 7.26. The van der Waals surface area contributed by atoms with Crippen LogP contribution < -0.4 is 11.1 Å². The number of primary amides is 1. The fourth-order valence-corrected chi connectivity index (χ4v) is 2.20. The van der Waals surface area contributed by atoms with Crippen LogP contribution in [0.4, 0.5) is 0 Å². The highest BCUT2D eigenvalue weighted by Gasteiger charge is 2.37. The Hall–Kier alpha value is -0.830. The zero-order valence-corrected chi connectivity index (χ0v) is 12.1. The van der Waals surface area contributed by atoms with Gasteiger partial charge >= 0.3 is 20.8 Å². The third-order valence-corrected chi connectivity index (χ3v) is 3.64. The first-order valence-electron chi connectivity index (χ1n) is 5.22. The predicted molar refractivity (Wildman–Crippen MR) is 65.2 cm³/mol. The van der Waals surface area contributed by atoms with Gasteiger partial charge in [0.1, 0.15) is 0 Å². The van der Waals surface area contributed by atoms with Crippen molar-refractivity contribution in [1.82, 2.24) is 5.32 Å². The molecule has 1 aliphatic rings. The van der Waals surface area contributed by atoms with E-state index in [9.17, 15) is 21.6 Å². The van der Waals surface area contributed by atoms with Gasteiger partial charge in [-0.1, -0.05) is 6.92 Å². The normalized spacial score (nSPS) is 23.6. The first-order chi connectivity index (χ1) is 8.92. The molecular weight excluding hydrogens is 320 g/mol. The van der Waals surface area contributed by atoms with Crippen LogP contribution in [0.25, 0.3) is 0 Å². The van der Waals surface area contributed by atoms with Crippen molar-refractivity contribution in [2.75, 3.05) is 19.7 Å². The van der Waals surface area contributed by atoms with Gasteiger partial charge in [0.2, 0.25) is 0 Å². The van der Waals surface area contributed by atoms with Crippen LogP contribution in [0.2, 0.25) is 0 Å². The lowest BCUT2D eigenvalue weighted by Crippen LogP contribution is -2.57. The number of ether oxygens (including phenoxy) is 1. The fourth-order valence-electron chi connectivity index (χ4n) is 1.33. The van der Waals surface area contributed by atoms with Gasteiger partial charge < -0.3 is 15.8 Å². The van der Waals surface area contributed by atoms with Crippen molar-refractivity contribution < 1.29 is 39.1 Å². The van der Waals surface area contributed by atoms with Gasteiger partial charge in [-0.3, -0.25) is 13.9 Å². The Balaban J connectivity index is 0.000000370. The molecule has 1 aliphatic heterocycles. The monoisotopic (exact) mass is 336 g/mol. The Kier molecular flexibility index (Phi) is 6.96. The third-order valence-electron chi connectivity index (χ3n) is 2.26. The zero-order chi connectivity index (χ0) is 16.0. The first-order valence-corrected chi connectivity index (χ1v) is 7.95. The molecule has 1 heterocycles. The summed E-state index contributed by atoms with van der Waals surface area (Å²) in [6.45, 7) is 3.81. The molecule has 5 N–H and O–H groups in total. The van der Waals surface area contributed by atoms with Gasteiger partial charge in [-0.15, -0.1) is 3.63 Å². The molecule has 1 atom stereocenters. The molecule has 120 valence electrons. The molecule has 1 rings (SSSR count). The SMILES string of the molecule is CCC1(C(N)=O)CNCCO1.O=S(=O)(O)OS(=O)(=O)O. The highest BCUT2D eigenvalue weighted by atomic mass is 32.3. The molecule has 0 bridgehead atoms. The number of morpholine rings is 1. The van der Waals surface area contributed by atoms with Gasteiger partial charge in [0.15, 0.2) is 5.60 Å². The molecule has 11 nitrogen and oxygen atoms in total. The van der Waals surface area contributed by atoms with Crippen LogP contribution >= 0.6 is 0 Å². The summed E-state index contributed by atoms with van der Waals surface area (Å²) in [5.74, 6) is -0.368. The molecule has 20 heavy (non-hydrogen) atoms. The van der Waals surface area contributed by atoms with Gasteiger partial charge in [0, 0.05) is 13.1 Å². The predicted octanol–water partition coefficient (Wildman–Crippen LogP) is -2.15. The van der Waals surface area contributed by atoms with Crippen molar-refractivity contribution in [2.45, 2.75) is 18.9 Å². The van der Waals surface area contributed by atoms with Crippen LogP contribution in [-0.2, 0) is 34.0 Å². The zero-order valence-electron chi connectivity index (χ0n) is 10.5. The number of carbonyl (C=O) groups is 1. The number of amides is 1. The lowest BCUT2D eigenvalue weighted by atomic mass is 9.98. The smallest absolute Gasteiger partial charge is 0.367 e. The molecule has 0 aliphatic carbocycles. The maximum atomic E-state index is 11.0. The number of rotatable bonds is 4. The van der Waals surface area contributed by atoms with E-state index >= 15 is 0 Å². The number of nitrogens with one attached hydrogen (secondary N) is 1. The Morgan fingerprint density at radius 3 is 2.00 bits per heavy atom. The van der Waals surface area contributed by atoms with Gasteiger partial charge in [0.25, 0.3) is 5.91 Å². The molecule has 1 fully saturated rings. The van der Waals surface area contributed by atoms with E-state index in [1.165, 1.54) is 0 Å². The molecule has 0 aromatic heterocycles. The maximum Gasteiger partial charge on any atom is 0.413 e. The number of carbonyl (C=O) groups excluding carboxylic acids is 1. The van der Waals surface area contributed by atoms with Crippen molar-refractivity contribution in [1.29, 1.82) is 0 Å². The van der Waals surface area contributed by atoms with Crippen molar-refractivity contribution >= 4 is 26.7 Å². The summed E-state index contributed by atoms with van der Waals surface area (Å²) in [5.41, 5.74) is 4.46. The third kappa shape index (κ3) is 7.68.